The van der Waals surface area contributed by atoms with Gasteiger partial charge in [0, 0.05) is 6.61 Å². The van der Waals surface area contributed by atoms with Gasteiger partial charge in [-0.05, 0) is 24.3 Å². The van der Waals surface area contributed by atoms with E-state index in [0.717, 1.165) is 17.7 Å². The van der Waals surface area contributed by atoms with Crippen LogP contribution in [0.3, 0.4) is 0 Å². The van der Waals surface area contributed by atoms with Gasteiger partial charge < -0.3 is 9.15 Å². The van der Waals surface area contributed by atoms with Gasteiger partial charge in [0.1, 0.15) is 6.26 Å². The summed E-state index contributed by atoms with van der Waals surface area (Å²) in [5, 5.41) is 1.92. The third-order valence-electron chi connectivity index (χ3n) is 3.12. The van der Waals surface area contributed by atoms with Crippen molar-refractivity contribution in [3.63, 3.8) is 0 Å². The lowest BCUT2D eigenvalue weighted by molar-refractivity contribution is 0.127. The fraction of sp³-hybridized carbons (Fsp3) is 0.462. The summed E-state index contributed by atoms with van der Waals surface area (Å²) in [6.45, 7) is 0.659. The van der Waals surface area contributed by atoms with Crippen molar-refractivity contribution in [2.45, 2.75) is 24.7 Å². The van der Waals surface area contributed by atoms with Gasteiger partial charge >= 0.3 is 0 Å². The molecule has 0 aliphatic carbocycles. The summed E-state index contributed by atoms with van der Waals surface area (Å²) in [5.41, 5.74) is 0.450. The Hall–Kier alpha value is -1.18. The van der Waals surface area contributed by atoms with E-state index in [2.05, 4.69) is 4.98 Å². The molecular formula is C13H15NO4S2. The lowest BCUT2D eigenvalue weighted by Gasteiger charge is -2.08. The average Bonchev–Trinajstić information content (AvgIpc) is 3.07. The summed E-state index contributed by atoms with van der Waals surface area (Å²) in [6, 6.07) is 3.79. The minimum atomic E-state index is -3.22. The van der Waals surface area contributed by atoms with Crippen molar-refractivity contribution in [1.29, 1.82) is 0 Å². The molecule has 0 spiro atoms. The maximum absolute atomic E-state index is 12.1. The molecule has 3 heterocycles. The van der Waals surface area contributed by atoms with E-state index in [4.69, 9.17) is 9.15 Å². The summed E-state index contributed by atoms with van der Waals surface area (Å²) in [6.07, 6.45) is 3.01. The molecule has 3 rings (SSSR count). The molecule has 20 heavy (non-hydrogen) atoms. The van der Waals surface area contributed by atoms with Crippen LogP contribution in [0.4, 0.5) is 0 Å². The Bertz CT molecular complexity index is 654. The zero-order valence-electron chi connectivity index (χ0n) is 10.8. The van der Waals surface area contributed by atoms with Gasteiger partial charge in [0.2, 0.25) is 5.89 Å². The van der Waals surface area contributed by atoms with Crippen molar-refractivity contribution in [2.24, 2.45) is 0 Å². The smallest absolute Gasteiger partial charge is 0.236 e. The monoisotopic (exact) mass is 313 g/mol. The maximum Gasteiger partial charge on any atom is 0.236 e. The molecule has 1 aliphatic heterocycles. The van der Waals surface area contributed by atoms with Crippen LogP contribution in [0.5, 0.6) is 0 Å². The molecule has 2 aromatic rings. The molecule has 0 aromatic carbocycles. The van der Waals surface area contributed by atoms with E-state index >= 15 is 0 Å². The fourth-order valence-electron chi connectivity index (χ4n) is 2.23. The van der Waals surface area contributed by atoms with Gasteiger partial charge in [-0.2, -0.15) is 0 Å². The van der Waals surface area contributed by atoms with E-state index in [1.165, 1.54) is 17.6 Å². The van der Waals surface area contributed by atoms with Crippen molar-refractivity contribution in [3.8, 4) is 10.8 Å². The molecule has 0 N–H and O–H groups in total. The molecule has 1 unspecified atom stereocenters. The maximum atomic E-state index is 12.1. The van der Waals surface area contributed by atoms with Gasteiger partial charge in [-0.3, -0.25) is 0 Å². The number of hydrogen-bond acceptors (Lipinski definition) is 6. The van der Waals surface area contributed by atoms with E-state index in [1.807, 2.05) is 17.5 Å². The number of sulfone groups is 1. The van der Waals surface area contributed by atoms with Crippen molar-refractivity contribution in [2.75, 3.05) is 12.4 Å². The minimum absolute atomic E-state index is 0.0637. The Morgan fingerprint density at radius 1 is 1.45 bits per heavy atom. The Morgan fingerprint density at radius 3 is 3.05 bits per heavy atom. The van der Waals surface area contributed by atoms with E-state index < -0.39 is 9.84 Å². The number of aromatic nitrogens is 1. The zero-order chi connectivity index (χ0) is 14.0. The lowest BCUT2D eigenvalue weighted by atomic mass is 10.3. The van der Waals surface area contributed by atoms with Crippen LogP contribution in [0.2, 0.25) is 0 Å². The highest BCUT2D eigenvalue weighted by Crippen LogP contribution is 2.24. The van der Waals surface area contributed by atoms with Gasteiger partial charge in [0.05, 0.1) is 28.2 Å². The lowest BCUT2D eigenvalue weighted by Crippen LogP contribution is -2.21. The molecular weight excluding hydrogens is 298 g/mol. The second-order valence-electron chi connectivity index (χ2n) is 4.81. The standard InChI is InChI=1S/C13H15NO4S2/c15-20(16,9-11-3-1-5-17-11)8-10-7-18-13(14-10)12-4-2-6-19-12/h2,4,6-7,11H,1,3,5,8-9H2. The highest BCUT2D eigenvalue weighted by atomic mass is 32.2. The highest BCUT2D eigenvalue weighted by Gasteiger charge is 2.24. The van der Waals surface area contributed by atoms with E-state index in [9.17, 15) is 8.42 Å². The fourth-order valence-corrected chi connectivity index (χ4v) is 4.42. The molecule has 108 valence electrons. The van der Waals surface area contributed by atoms with E-state index in [0.29, 0.717) is 18.2 Å². The van der Waals surface area contributed by atoms with Gasteiger partial charge in [0.15, 0.2) is 9.84 Å². The summed E-state index contributed by atoms with van der Waals surface area (Å²) < 4.78 is 34.9. The third kappa shape index (κ3) is 3.28. The van der Waals surface area contributed by atoms with Crippen LogP contribution in [0.25, 0.3) is 10.8 Å². The topological polar surface area (TPSA) is 69.4 Å². The molecule has 0 radical (unpaired) electrons. The van der Waals surface area contributed by atoms with Crippen LogP contribution in [0, 0.1) is 0 Å². The van der Waals surface area contributed by atoms with Crippen LogP contribution in [-0.2, 0) is 20.3 Å². The number of rotatable bonds is 5. The molecule has 1 saturated heterocycles. The molecule has 1 fully saturated rings. The summed E-state index contributed by atoms with van der Waals surface area (Å²) >= 11 is 1.51. The Labute approximate surface area is 121 Å². The quantitative estimate of drug-likeness (QED) is 0.848. The Morgan fingerprint density at radius 2 is 2.35 bits per heavy atom. The van der Waals surface area contributed by atoms with Crippen LogP contribution in [0.1, 0.15) is 18.5 Å². The molecule has 0 saturated carbocycles. The first-order chi connectivity index (χ1) is 9.62. The number of nitrogens with zero attached hydrogens (tertiary/aromatic N) is 1. The Kier molecular flexibility index (Phi) is 3.91. The van der Waals surface area contributed by atoms with Gasteiger partial charge in [-0.1, -0.05) is 6.07 Å². The van der Waals surface area contributed by atoms with Gasteiger partial charge in [-0.25, -0.2) is 13.4 Å². The predicted molar refractivity (Wildman–Crippen MR) is 76.3 cm³/mol. The number of ether oxygens (including phenoxy) is 1. The zero-order valence-corrected chi connectivity index (χ0v) is 12.5. The van der Waals surface area contributed by atoms with Gasteiger partial charge in [-0.15, -0.1) is 11.3 Å². The van der Waals surface area contributed by atoms with Crippen LogP contribution in [0.15, 0.2) is 28.2 Å². The summed E-state index contributed by atoms with van der Waals surface area (Å²) in [5.74, 6) is 0.443. The molecule has 1 atom stereocenters. The number of thiophene rings is 1. The molecule has 0 bridgehead atoms. The van der Waals surface area contributed by atoms with Crippen molar-refractivity contribution < 1.29 is 17.6 Å². The van der Waals surface area contributed by atoms with Crippen LogP contribution < -0.4 is 0 Å². The third-order valence-corrected chi connectivity index (χ3v) is 5.59. The first kappa shape index (κ1) is 13.8. The highest BCUT2D eigenvalue weighted by molar-refractivity contribution is 7.90. The average molecular weight is 313 g/mol. The first-order valence-corrected chi connectivity index (χ1v) is 9.13. The van der Waals surface area contributed by atoms with E-state index in [1.54, 1.807) is 0 Å². The second-order valence-corrected chi connectivity index (χ2v) is 7.87. The summed E-state index contributed by atoms with van der Waals surface area (Å²) in [4.78, 5) is 5.13. The molecule has 0 amide bonds. The second kappa shape index (κ2) is 5.67. The number of oxazole rings is 1. The van der Waals surface area contributed by atoms with Crippen LogP contribution >= 0.6 is 11.3 Å². The molecule has 5 nitrogen and oxygen atoms in total. The normalized spacial score (nSPS) is 19.5. The van der Waals surface area contributed by atoms with Crippen LogP contribution in [-0.4, -0.2) is 31.9 Å². The molecule has 1 aliphatic rings. The first-order valence-electron chi connectivity index (χ1n) is 6.43. The SMILES string of the molecule is O=S(=O)(Cc1coc(-c2cccs2)n1)CC1CCCO1. The minimum Gasteiger partial charge on any atom is -0.444 e. The summed E-state index contributed by atoms with van der Waals surface area (Å²) in [7, 11) is -3.22. The molecule has 2 aromatic heterocycles. The Balaban J connectivity index is 1.68. The van der Waals surface area contributed by atoms with Crippen molar-refractivity contribution in [3.05, 3.63) is 29.5 Å². The van der Waals surface area contributed by atoms with E-state index in [-0.39, 0.29) is 17.6 Å². The van der Waals surface area contributed by atoms with Crippen molar-refractivity contribution in [1.82, 2.24) is 4.98 Å². The molecule has 7 heteroatoms. The van der Waals surface area contributed by atoms with Crippen molar-refractivity contribution >= 4 is 21.2 Å². The van der Waals surface area contributed by atoms with Gasteiger partial charge in [0.25, 0.3) is 0 Å². The number of hydrogen-bond donors (Lipinski definition) is 0. The largest absolute Gasteiger partial charge is 0.444 e. The predicted octanol–water partition coefficient (Wildman–Crippen LogP) is 2.50.